The van der Waals surface area contributed by atoms with Crippen LogP contribution in [0.25, 0.3) is 0 Å². The quantitative estimate of drug-likeness (QED) is 0.497. The van der Waals surface area contributed by atoms with Crippen molar-refractivity contribution in [2.75, 3.05) is 26.0 Å². The number of hydrogen-bond donors (Lipinski definition) is 3. The van der Waals surface area contributed by atoms with Gasteiger partial charge in [-0.05, 0) is 19.1 Å². The van der Waals surface area contributed by atoms with Crippen LogP contribution in [0.2, 0.25) is 0 Å². The molecule has 1 aromatic rings. The first-order chi connectivity index (χ1) is 9.51. The largest absolute Gasteiger partial charge is 0.491 e. The van der Waals surface area contributed by atoms with Crippen molar-refractivity contribution in [3.63, 3.8) is 0 Å². The van der Waals surface area contributed by atoms with E-state index in [1.54, 1.807) is 25.1 Å². The topological polar surface area (TPSA) is 111 Å². The molecule has 0 aliphatic heterocycles. The van der Waals surface area contributed by atoms with Gasteiger partial charge in [0.2, 0.25) is 0 Å². The number of esters is 1. The number of benzene rings is 1. The summed E-state index contributed by atoms with van der Waals surface area (Å²) in [5, 5.41) is 11.8. The summed E-state index contributed by atoms with van der Waals surface area (Å²) < 4.78 is 9.67. The Kier molecular flexibility index (Phi) is 5.79. The van der Waals surface area contributed by atoms with E-state index in [2.05, 4.69) is 10.1 Å². The lowest BCUT2D eigenvalue weighted by molar-refractivity contribution is -0.149. The maximum Gasteiger partial charge on any atom is 0.336 e. The van der Waals surface area contributed by atoms with Crippen LogP contribution in [-0.4, -0.2) is 43.3 Å². The molecule has 0 spiro atoms. The monoisotopic (exact) mass is 282 g/mol. The maximum absolute atomic E-state index is 12.0. The summed E-state index contributed by atoms with van der Waals surface area (Å²) in [5.74, 6) is -1.04. The molecule has 0 aliphatic rings. The Labute approximate surface area is 116 Å². The zero-order valence-corrected chi connectivity index (χ0v) is 11.4. The van der Waals surface area contributed by atoms with Crippen LogP contribution in [0.3, 0.4) is 0 Å². The number of aliphatic hydroxyl groups is 1. The predicted octanol–water partition coefficient (Wildman–Crippen LogP) is -0.0688. The van der Waals surface area contributed by atoms with Crippen LogP contribution in [0.4, 0.5) is 5.69 Å². The van der Waals surface area contributed by atoms with Gasteiger partial charge < -0.3 is 25.6 Å². The molecule has 1 aromatic carbocycles. The predicted molar refractivity (Wildman–Crippen MR) is 72.4 cm³/mol. The number of para-hydroxylation sites is 1. The number of rotatable bonds is 6. The number of nitrogens with one attached hydrogen (secondary N) is 1. The van der Waals surface area contributed by atoms with Crippen molar-refractivity contribution in [2.24, 2.45) is 0 Å². The summed E-state index contributed by atoms with van der Waals surface area (Å²) in [6, 6.07) is 4.77. The molecule has 0 saturated heterocycles. The van der Waals surface area contributed by atoms with E-state index in [1.165, 1.54) is 0 Å². The number of carbonyl (C=O) groups excluding carboxylic acids is 2. The van der Waals surface area contributed by atoms with Crippen LogP contribution in [0, 0.1) is 0 Å². The second kappa shape index (κ2) is 7.34. The first kappa shape index (κ1) is 15.8. The smallest absolute Gasteiger partial charge is 0.336 e. The Morgan fingerprint density at radius 2 is 2.15 bits per heavy atom. The number of ether oxygens (including phenoxy) is 2. The minimum Gasteiger partial charge on any atom is -0.491 e. The SMILES string of the molecule is CCOc1c(N)cccc1C(=O)NCC(O)C(=O)OC. The van der Waals surface area contributed by atoms with Gasteiger partial charge in [0, 0.05) is 0 Å². The fourth-order valence-corrected chi connectivity index (χ4v) is 1.54. The van der Waals surface area contributed by atoms with Crippen LogP contribution in [-0.2, 0) is 9.53 Å². The standard InChI is InChI=1S/C13H18N2O5/c1-3-20-11-8(5-4-6-9(11)14)12(17)15-7-10(16)13(18)19-2/h4-6,10,16H,3,7,14H2,1-2H3,(H,15,17). The van der Waals surface area contributed by atoms with Crippen LogP contribution >= 0.6 is 0 Å². The third kappa shape index (κ3) is 3.86. The molecule has 20 heavy (non-hydrogen) atoms. The molecule has 7 heteroatoms. The lowest BCUT2D eigenvalue weighted by atomic mass is 10.1. The molecule has 0 heterocycles. The molecular weight excluding hydrogens is 264 g/mol. The van der Waals surface area contributed by atoms with Crippen molar-refractivity contribution in [1.82, 2.24) is 5.32 Å². The zero-order chi connectivity index (χ0) is 15.1. The third-order valence-electron chi connectivity index (χ3n) is 2.51. The fourth-order valence-electron chi connectivity index (χ4n) is 1.54. The van der Waals surface area contributed by atoms with Gasteiger partial charge in [-0.3, -0.25) is 4.79 Å². The summed E-state index contributed by atoms with van der Waals surface area (Å²) in [6.45, 7) is 1.88. The molecule has 1 atom stereocenters. The Morgan fingerprint density at radius 1 is 1.45 bits per heavy atom. The molecule has 1 rings (SSSR count). The minimum absolute atomic E-state index is 0.240. The number of aliphatic hydroxyl groups excluding tert-OH is 1. The highest BCUT2D eigenvalue weighted by Crippen LogP contribution is 2.26. The maximum atomic E-state index is 12.0. The Morgan fingerprint density at radius 3 is 2.75 bits per heavy atom. The summed E-state index contributed by atoms with van der Waals surface area (Å²) >= 11 is 0. The molecule has 0 radical (unpaired) electrons. The van der Waals surface area contributed by atoms with E-state index in [0.29, 0.717) is 12.3 Å². The lowest BCUT2D eigenvalue weighted by Crippen LogP contribution is -2.37. The van der Waals surface area contributed by atoms with Crippen molar-refractivity contribution < 1.29 is 24.2 Å². The number of nitrogens with two attached hydrogens (primary N) is 1. The van der Waals surface area contributed by atoms with Gasteiger partial charge in [-0.1, -0.05) is 6.07 Å². The van der Waals surface area contributed by atoms with Crippen molar-refractivity contribution in [1.29, 1.82) is 0 Å². The van der Waals surface area contributed by atoms with E-state index in [4.69, 9.17) is 10.5 Å². The van der Waals surface area contributed by atoms with E-state index in [9.17, 15) is 14.7 Å². The van der Waals surface area contributed by atoms with Gasteiger partial charge in [-0.15, -0.1) is 0 Å². The molecule has 0 aliphatic carbocycles. The molecule has 0 fully saturated rings. The molecule has 4 N–H and O–H groups in total. The summed E-state index contributed by atoms with van der Waals surface area (Å²) in [5.41, 5.74) is 6.32. The first-order valence-corrected chi connectivity index (χ1v) is 6.06. The van der Waals surface area contributed by atoms with Crippen LogP contribution in [0.5, 0.6) is 5.75 Å². The number of carbonyl (C=O) groups is 2. The highest BCUT2D eigenvalue weighted by atomic mass is 16.5. The van der Waals surface area contributed by atoms with Gasteiger partial charge in [0.1, 0.15) is 0 Å². The number of hydrogen-bond acceptors (Lipinski definition) is 6. The van der Waals surface area contributed by atoms with E-state index < -0.39 is 18.0 Å². The van der Waals surface area contributed by atoms with Crippen molar-refractivity contribution in [2.45, 2.75) is 13.0 Å². The highest BCUT2D eigenvalue weighted by molar-refractivity contribution is 5.98. The number of anilines is 1. The molecule has 1 amide bonds. The van der Waals surface area contributed by atoms with Crippen molar-refractivity contribution in [3.8, 4) is 5.75 Å². The molecular formula is C13H18N2O5. The van der Waals surface area contributed by atoms with Gasteiger partial charge in [0.05, 0.1) is 31.5 Å². The molecule has 1 unspecified atom stereocenters. The summed E-state index contributed by atoms with van der Waals surface area (Å²) in [4.78, 5) is 23.0. The molecule has 7 nitrogen and oxygen atoms in total. The molecule has 110 valence electrons. The third-order valence-corrected chi connectivity index (χ3v) is 2.51. The Bertz CT molecular complexity index is 490. The van der Waals surface area contributed by atoms with Gasteiger partial charge in [-0.2, -0.15) is 0 Å². The fraction of sp³-hybridized carbons (Fsp3) is 0.385. The van der Waals surface area contributed by atoms with Crippen LogP contribution < -0.4 is 15.8 Å². The lowest BCUT2D eigenvalue weighted by Gasteiger charge is -2.14. The Hall–Kier alpha value is -2.28. The number of amides is 1. The van der Waals surface area contributed by atoms with Gasteiger partial charge in [-0.25, -0.2) is 4.79 Å². The van der Waals surface area contributed by atoms with Crippen LogP contribution in [0.1, 0.15) is 17.3 Å². The number of nitrogen functional groups attached to an aromatic ring is 1. The molecule has 0 saturated carbocycles. The average Bonchev–Trinajstić information content (AvgIpc) is 2.45. The average molecular weight is 282 g/mol. The normalized spacial score (nSPS) is 11.6. The van der Waals surface area contributed by atoms with Gasteiger partial charge >= 0.3 is 5.97 Å². The summed E-state index contributed by atoms with van der Waals surface area (Å²) in [6.07, 6.45) is -1.42. The van der Waals surface area contributed by atoms with E-state index in [1.807, 2.05) is 0 Å². The molecule has 0 aromatic heterocycles. The molecule has 0 bridgehead atoms. The first-order valence-electron chi connectivity index (χ1n) is 6.06. The van der Waals surface area contributed by atoms with E-state index >= 15 is 0 Å². The van der Waals surface area contributed by atoms with Gasteiger partial charge in [0.25, 0.3) is 5.91 Å². The van der Waals surface area contributed by atoms with E-state index in [-0.39, 0.29) is 17.9 Å². The van der Waals surface area contributed by atoms with Crippen LogP contribution in [0.15, 0.2) is 18.2 Å². The second-order valence-electron chi connectivity index (χ2n) is 3.91. The van der Waals surface area contributed by atoms with E-state index in [0.717, 1.165) is 7.11 Å². The minimum atomic E-state index is -1.42. The highest BCUT2D eigenvalue weighted by Gasteiger charge is 2.19. The van der Waals surface area contributed by atoms with Crippen molar-refractivity contribution in [3.05, 3.63) is 23.8 Å². The van der Waals surface area contributed by atoms with Crippen molar-refractivity contribution >= 4 is 17.6 Å². The second-order valence-corrected chi connectivity index (χ2v) is 3.91. The zero-order valence-electron chi connectivity index (χ0n) is 11.4. The summed E-state index contributed by atoms with van der Waals surface area (Å²) in [7, 11) is 1.15. The Balaban J connectivity index is 2.77. The van der Waals surface area contributed by atoms with Gasteiger partial charge in [0.15, 0.2) is 11.9 Å². The number of methoxy groups -OCH3 is 1.